The molecule has 19 heteroatoms. The van der Waals surface area contributed by atoms with Gasteiger partial charge in [-0.15, -0.1) is 0 Å². The smallest absolute Gasteiger partial charge is 0.462 e. The fraction of sp³-hybridized carbons (Fsp3) is 0.901. The molecule has 0 aromatic rings. The van der Waals surface area contributed by atoms with E-state index in [9.17, 15) is 43.2 Å². The molecule has 590 valence electrons. The van der Waals surface area contributed by atoms with Gasteiger partial charge in [-0.25, -0.2) is 9.13 Å². The Bertz CT molecular complexity index is 1990. The summed E-state index contributed by atoms with van der Waals surface area (Å²) in [5.41, 5.74) is 0. The first kappa shape index (κ1) is 97.5. The van der Waals surface area contributed by atoms with Gasteiger partial charge in [-0.2, -0.15) is 0 Å². The van der Waals surface area contributed by atoms with Crippen molar-refractivity contribution in [3.63, 3.8) is 0 Å². The normalized spacial score (nSPS) is 13.9. The zero-order valence-electron chi connectivity index (χ0n) is 64.7. The molecule has 0 amide bonds. The number of unbranched alkanes of at least 4 members (excludes halogenated alkanes) is 50. The van der Waals surface area contributed by atoms with Crippen LogP contribution in [0.15, 0.2) is 24.3 Å². The highest BCUT2D eigenvalue weighted by Gasteiger charge is 2.30. The number of carbonyl (C=O) groups excluding carboxylic acids is 4. The van der Waals surface area contributed by atoms with E-state index < -0.39 is 97.5 Å². The lowest BCUT2D eigenvalue weighted by atomic mass is 10.0. The SMILES string of the molecule is CCCCC/C=C\C/C=C\CCCCCCCC(=O)OC[C@H](COP(=O)(O)OC[C@@H](O)COP(=O)(O)OC[C@@H](COC(=O)CCCCCCCCCCCCCCC)OC(=O)CCCCCCCCCCCCCCCCCCC)OC(=O)CCCCCCCCCCCCCCCCC. The van der Waals surface area contributed by atoms with Gasteiger partial charge in [-0.05, 0) is 57.8 Å². The third-order valence-electron chi connectivity index (χ3n) is 18.4. The van der Waals surface area contributed by atoms with Crippen molar-refractivity contribution in [3.05, 3.63) is 24.3 Å². The lowest BCUT2D eigenvalue weighted by Crippen LogP contribution is -2.30. The van der Waals surface area contributed by atoms with Gasteiger partial charge in [0.05, 0.1) is 26.4 Å². The molecular weight excluding hydrogens is 1310 g/mol. The fourth-order valence-corrected chi connectivity index (χ4v) is 13.7. The fourth-order valence-electron chi connectivity index (χ4n) is 12.1. The highest BCUT2D eigenvalue weighted by Crippen LogP contribution is 2.45. The van der Waals surface area contributed by atoms with E-state index in [0.717, 1.165) is 116 Å². The molecule has 2 unspecified atom stereocenters. The Morgan fingerprint density at radius 3 is 0.760 bits per heavy atom. The van der Waals surface area contributed by atoms with Gasteiger partial charge in [0.15, 0.2) is 12.2 Å². The molecule has 0 saturated heterocycles. The molecule has 0 aromatic carbocycles. The molecule has 0 saturated carbocycles. The van der Waals surface area contributed by atoms with E-state index in [1.54, 1.807) is 0 Å². The molecule has 0 heterocycles. The molecule has 100 heavy (non-hydrogen) atoms. The molecule has 3 N–H and O–H groups in total. The first-order valence-corrected chi connectivity index (χ1v) is 44.6. The van der Waals surface area contributed by atoms with Crippen LogP contribution in [-0.2, 0) is 65.4 Å². The predicted molar refractivity (Wildman–Crippen MR) is 409 cm³/mol. The van der Waals surface area contributed by atoms with Crippen LogP contribution in [0, 0.1) is 0 Å². The summed E-state index contributed by atoms with van der Waals surface area (Å²) < 4.78 is 68.7. The number of allylic oxidation sites excluding steroid dienone is 4. The molecule has 0 spiro atoms. The first-order valence-electron chi connectivity index (χ1n) is 41.6. The lowest BCUT2D eigenvalue weighted by molar-refractivity contribution is -0.161. The quantitative estimate of drug-likeness (QED) is 0.0169. The molecule has 17 nitrogen and oxygen atoms in total. The molecule has 0 aliphatic rings. The number of phosphoric acid groups is 2. The van der Waals surface area contributed by atoms with Gasteiger partial charge in [0.25, 0.3) is 0 Å². The average Bonchev–Trinajstić information content (AvgIpc) is 1.11. The van der Waals surface area contributed by atoms with Crippen LogP contribution in [-0.4, -0.2) is 96.7 Å². The number of esters is 4. The molecule has 0 bridgehead atoms. The molecule has 0 aliphatic heterocycles. The molecule has 0 aliphatic carbocycles. The second-order valence-corrected chi connectivity index (χ2v) is 31.4. The highest BCUT2D eigenvalue weighted by atomic mass is 31.2. The van der Waals surface area contributed by atoms with Crippen molar-refractivity contribution in [1.29, 1.82) is 0 Å². The Morgan fingerprint density at radius 1 is 0.280 bits per heavy atom. The van der Waals surface area contributed by atoms with Crippen molar-refractivity contribution in [2.75, 3.05) is 39.6 Å². The molecular formula is C81H154O17P2. The van der Waals surface area contributed by atoms with Gasteiger partial charge in [-0.3, -0.25) is 37.3 Å². The summed E-state index contributed by atoms with van der Waals surface area (Å²) in [6.45, 7) is 4.97. The summed E-state index contributed by atoms with van der Waals surface area (Å²) in [6.07, 6.45) is 70.0. The number of phosphoric ester groups is 2. The molecule has 0 rings (SSSR count). The average molecular weight is 1460 g/mol. The van der Waals surface area contributed by atoms with Gasteiger partial charge < -0.3 is 33.8 Å². The number of aliphatic hydroxyl groups is 1. The summed E-state index contributed by atoms with van der Waals surface area (Å²) in [6, 6.07) is 0. The topological polar surface area (TPSA) is 237 Å². The third kappa shape index (κ3) is 73.8. The van der Waals surface area contributed by atoms with E-state index in [0.29, 0.717) is 25.7 Å². The number of hydrogen-bond acceptors (Lipinski definition) is 15. The third-order valence-corrected chi connectivity index (χ3v) is 20.4. The van der Waals surface area contributed by atoms with Gasteiger partial charge in [0, 0.05) is 25.7 Å². The zero-order valence-corrected chi connectivity index (χ0v) is 66.5. The van der Waals surface area contributed by atoms with E-state index in [4.69, 9.17) is 37.0 Å². The number of hydrogen-bond donors (Lipinski definition) is 3. The lowest BCUT2D eigenvalue weighted by Gasteiger charge is -2.21. The maximum Gasteiger partial charge on any atom is 0.472 e. The van der Waals surface area contributed by atoms with Crippen molar-refractivity contribution in [1.82, 2.24) is 0 Å². The maximum absolute atomic E-state index is 13.1. The predicted octanol–water partition coefficient (Wildman–Crippen LogP) is 24.1. The maximum atomic E-state index is 13.1. The van der Waals surface area contributed by atoms with Gasteiger partial charge in [0.1, 0.15) is 19.3 Å². The number of carbonyl (C=O) groups is 4. The Morgan fingerprint density at radius 2 is 0.490 bits per heavy atom. The van der Waals surface area contributed by atoms with Crippen LogP contribution < -0.4 is 0 Å². The van der Waals surface area contributed by atoms with Crippen LogP contribution in [0.1, 0.15) is 413 Å². The minimum Gasteiger partial charge on any atom is -0.462 e. The minimum atomic E-state index is -4.97. The largest absolute Gasteiger partial charge is 0.472 e. The summed E-state index contributed by atoms with van der Waals surface area (Å²) in [5.74, 6) is -2.13. The second-order valence-electron chi connectivity index (χ2n) is 28.4. The van der Waals surface area contributed by atoms with Crippen LogP contribution in [0.5, 0.6) is 0 Å². The zero-order chi connectivity index (χ0) is 73.2. The number of aliphatic hydroxyl groups excluding tert-OH is 1. The van der Waals surface area contributed by atoms with Crippen molar-refractivity contribution >= 4 is 39.5 Å². The Labute approximate surface area is 612 Å². The van der Waals surface area contributed by atoms with E-state index in [1.807, 2.05) is 0 Å². The van der Waals surface area contributed by atoms with E-state index in [2.05, 4.69) is 52.0 Å². The summed E-state index contributed by atoms with van der Waals surface area (Å²) in [7, 11) is -9.93. The Balaban J connectivity index is 5.29. The highest BCUT2D eigenvalue weighted by molar-refractivity contribution is 7.47. The van der Waals surface area contributed by atoms with Crippen LogP contribution in [0.4, 0.5) is 0 Å². The minimum absolute atomic E-state index is 0.102. The second kappa shape index (κ2) is 74.8. The Hall–Kier alpha value is -2.46. The van der Waals surface area contributed by atoms with Gasteiger partial charge in [0.2, 0.25) is 0 Å². The van der Waals surface area contributed by atoms with E-state index in [1.165, 1.54) is 218 Å². The van der Waals surface area contributed by atoms with Crippen LogP contribution in [0.3, 0.4) is 0 Å². The molecule has 0 aromatic heterocycles. The first-order chi connectivity index (χ1) is 48.7. The van der Waals surface area contributed by atoms with Crippen LogP contribution in [0.25, 0.3) is 0 Å². The molecule has 0 fully saturated rings. The van der Waals surface area contributed by atoms with Crippen molar-refractivity contribution in [2.24, 2.45) is 0 Å². The van der Waals surface area contributed by atoms with Gasteiger partial charge in [-0.1, -0.05) is 354 Å². The summed E-state index contributed by atoms with van der Waals surface area (Å²) in [5, 5.41) is 10.6. The number of ether oxygens (including phenoxy) is 4. The monoisotopic (exact) mass is 1460 g/mol. The van der Waals surface area contributed by atoms with Gasteiger partial charge >= 0.3 is 39.5 Å². The number of rotatable bonds is 80. The summed E-state index contributed by atoms with van der Waals surface area (Å²) >= 11 is 0. The van der Waals surface area contributed by atoms with Crippen molar-refractivity contribution < 1.29 is 80.2 Å². The molecule has 5 atom stereocenters. The Kier molecular flexibility index (Phi) is 73.0. The van der Waals surface area contributed by atoms with Crippen molar-refractivity contribution in [3.8, 4) is 0 Å². The van der Waals surface area contributed by atoms with E-state index >= 15 is 0 Å². The standard InChI is InChI=1S/C81H154O17P2/c1-5-9-13-17-21-25-29-33-36-37-40-44-48-52-56-60-64-68-81(86)98-76(71-91-78(83)65-61-57-53-49-45-41-32-28-24-20-16-12-8-4)73-95-99(87,88)93-69-75(82)70-94-100(89,90)96-74-77(97-80(85)67-63-59-55-51-47-43-39-35-31-27-23-19-15-11-7-3)72-92-79(84)66-62-58-54-50-46-42-38-34-30-26-22-18-14-10-6-2/h22,26,34,38,75-77,82H,5-21,23-25,27-33,35-37,39-74H2,1-4H3,(H,87,88)(H,89,90)/b26-22-,38-34-/t75-,76+,77+/m0/s1. The molecule has 0 radical (unpaired) electrons. The van der Waals surface area contributed by atoms with Crippen LogP contribution >= 0.6 is 15.6 Å². The van der Waals surface area contributed by atoms with E-state index in [-0.39, 0.29) is 25.7 Å². The summed E-state index contributed by atoms with van der Waals surface area (Å²) in [4.78, 5) is 73.0. The van der Waals surface area contributed by atoms with Crippen molar-refractivity contribution in [2.45, 2.75) is 431 Å². The van der Waals surface area contributed by atoms with Crippen LogP contribution in [0.2, 0.25) is 0 Å².